The Bertz CT molecular complexity index is 1540. The minimum Gasteiger partial charge on any atom is -0.497 e. The van der Waals surface area contributed by atoms with Crippen LogP contribution in [0, 0.1) is 13.8 Å². The maximum atomic E-state index is 5.41. The van der Waals surface area contributed by atoms with Gasteiger partial charge in [0.05, 0.1) is 35.4 Å². The van der Waals surface area contributed by atoms with Crippen molar-refractivity contribution in [2.75, 3.05) is 14.2 Å². The lowest BCUT2D eigenvalue weighted by Gasteiger charge is -2.10. The number of ether oxygens (including phenoxy) is 2. The number of aromatic nitrogens is 2. The fourth-order valence-electron chi connectivity index (χ4n) is 5.07. The zero-order valence-corrected chi connectivity index (χ0v) is 23.4. The molecule has 0 saturated carbocycles. The lowest BCUT2D eigenvalue weighted by atomic mass is 10.0. The van der Waals surface area contributed by atoms with Gasteiger partial charge in [-0.25, -0.2) is 0 Å². The van der Waals surface area contributed by atoms with E-state index in [0.717, 1.165) is 22.9 Å². The zero-order valence-electron chi connectivity index (χ0n) is 21.8. The Morgan fingerprint density at radius 3 is 1.26 bits per heavy atom. The van der Waals surface area contributed by atoms with Crippen LogP contribution in [-0.2, 0) is 0 Å². The first-order chi connectivity index (χ1) is 18.6. The van der Waals surface area contributed by atoms with Crippen molar-refractivity contribution >= 4 is 22.7 Å². The standard InChI is InChI=1S/C32H28N2O2S2/c1-21-27(19-33(31(21)29-7-5-17-37-29)23-9-13-25(35-3)14-10-23)28-20-34(24-11-15-26(36-4)16-12-24)32(22(28)2)30-8-6-18-38-30/h5-20H,1-4H3. The number of nitrogens with zero attached hydrogens (tertiary/aromatic N) is 2. The van der Waals surface area contributed by atoms with Gasteiger partial charge in [0, 0.05) is 34.9 Å². The molecule has 0 aliphatic carbocycles. The third kappa shape index (κ3) is 4.16. The average molecular weight is 537 g/mol. The van der Waals surface area contributed by atoms with Crippen molar-refractivity contribution in [2.24, 2.45) is 0 Å². The van der Waals surface area contributed by atoms with Gasteiger partial charge in [0.15, 0.2) is 0 Å². The molecule has 6 rings (SSSR count). The summed E-state index contributed by atoms with van der Waals surface area (Å²) in [5.41, 5.74) is 9.62. The van der Waals surface area contributed by atoms with Gasteiger partial charge < -0.3 is 18.6 Å². The van der Waals surface area contributed by atoms with Crippen molar-refractivity contribution in [1.82, 2.24) is 9.13 Å². The molecule has 0 aliphatic heterocycles. The number of benzene rings is 2. The minimum absolute atomic E-state index is 0.850. The normalized spacial score (nSPS) is 11.2. The van der Waals surface area contributed by atoms with Crippen molar-refractivity contribution in [3.8, 4) is 55.1 Å². The lowest BCUT2D eigenvalue weighted by Crippen LogP contribution is -1.95. The van der Waals surface area contributed by atoms with Gasteiger partial charge in [-0.1, -0.05) is 12.1 Å². The summed E-state index contributed by atoms with van der Waals surface area (Å²) in [6.45, 7) is 4.47. The number of rotatable bonds is 7. The van der Waals surface area contributed by atoms with Crippen LogP contribution in [0.25, 0.3) is 43.6 Å². The number of methoxy groups -OCH3 is 2. The summed E-state index contributed by atoms with van der Waals surface area (Å²) < 4.78 is 15.4. The molecule has 38 heavy (non-hydrogen) atoms. The summed E-state index contributed by atoms with van der Waals surface area (Å²) in [5, 5.41) is 4.28. The van der Waals surface area contributed by atoms with Crippen LogP contribution in [0.4, 0.5) is 0 Å². The molecule has 0 radical (unpaired) electrons. The summed E-state index contributed by atoms with van der Waals surface area (Å²) in [6.07, 6.45) is 4.57. The Labute approximate surface area is 231 Å². The van der Waals surface area contributed by atoms with E-state index in [0.29, 0.717) is 0 Å². The summed E-state index contributed by atoms with van der Waals surface area (Å²) in [6, 6.07) is 25.2. The van der Waals surface area contributed by atoms with E-state index in [1.165, 1.54) is 43.4 Å². The molecule has 2 aromatic carbocycles. The van der Waals surface area contributed by atoms with Crippen LogP contribution in [0.1, 0.15) is 11.1 Å². The second-order valence-corrected chi connectivity index (χ2v) is 11.0. The zero-order chi connectivity index (χ0) is 26.2. The van der Waals surface area contributed by atoms with E-state index in [1.54, 1.807) is 36.9 Å². The molecule has 0 saturated heterocycles. The average Bonchev–Trinajstić information content (AvgIpc) is 3.76. The van der Waals surface area contributed by atoms with Crippen LogP contribution in [0.3, 0.4) is 0 Å². The van der Waals surface area contributed by atoms with Gasteiger partial charge in [0.25, 0.3) is 0 Å². The number of hydrogen-bond donors (Lipinski definition) is 0. The highest BCUT2D eigenvalue weighted by Crippen LogP contribution is 2.43. The van der Waals surface area contributed by atoms with Gasteiger partial charge in [0.1, 0.15) is 11.5 Å². The van der Waals surface area contributed by atoms with Gasteiger partial charge in [-0.15, -0.1) is 22.7 Å². The first-order valence-electron chi connectivity index (χ1n) is 12.4. The molecule has 0 bridgehead atoms. The molecule has 4 aromatic heterocycles. The predicted octanol–water partition coefficient (Wildman–Crippen LogP) is 9.03. The van der Waals surface area contributed by atoms with Crippen LogP contribution in [0.15, 0.2) is 96.0 Å². The Morgan fingerprint density at radius 1 is 0.553 bits per heavy atom. The molecule has 0 aliphatic rings. The van der Waals surface area contributed by atoms with Crippen LogP contribution in [0.5, 0.6) is 11.5 Å². The highest BCUT2D eigenvalue weighted by Gasteiger charge is 2.23. The first-order valence-corrected chi connectivity index (χ1v) is 14.2. The molecule has 6 aromatic rings. The smallest absolute Gasteiger partial charge is 0.119 e. The van der Waals surface area contributed by atoms with E-state index in [-0.39, 0.29) is 0 Å². The molecule has 0 spiro atoms. The summed E-state index contributed by atoms with van der Waals surface area (Å²) in [4.78, 5) is 2.49. The van der Waals surface area contributed by atoms with Gasteiger partial charge in [-0.2, -0.15) is 0 Å². The van der Waals surface area contributed by atoms with E-state index in [9.17, 15) is 0 Å². The van der Waals surface area contributed by atoms with Crippen molar-refractivity contribution in [1.29, 1.82) is 0 Å². The molecular formula is C32H28N2O2S2. The van der Waals surface area contributed by atoms with Crippen molar-refractivity contribution in [3.05, 3.63) is 107 Å². The van der Waals surface area contributed by atoms with Crippen LogP contribution in [-0.4, -0.2) is 23.4 Å². The number of thiophene rings is 2. The lowest BCUT2D eigenvalue weighted by molar-refractivity contribution is 0.414. The van der Waals surface area contributed by atoms with E-state index < -0.39 is 0 Å². The van der Waals surface area contributed by atoms with Gasteiger partial charge in [-0.3, -0.25) is 0 Å². The molecule has 0 unspecified atom stereocenters. The Kier molecular flexibility index (Phi) is 6.44. The Morgan fingerprint density at radius 2 is 0.947 bits per heavy atom. The topological polar surface area (TPSA) is 28.3 Å². The number of hydrogen-bond acceptors (Lipinski definition) is 4. The molecule has 0 amide bonds. The van der Waals surface area contributed by atoms with Gasteiger partial charge in [-0.05, 0) is 96.4 Å². The third-order valence-electron chi connectivity index (χ3n) is 7.02. The molecule has 0 atom stereocenters. The molecule has 0 fully saturated rings. The van der Waals surface area contributed by atoms with E-state index >= 15 is 0 Å². The van der Waals surface area contributed by atoms with Crippen molar-refractivity contribution < 1.29 is 9.47 Å². The van der Waals surface area contributed by atoms with E-state index in [4.69, 9.17) is 9.47 Å². The Balaban J connectivity index is 1.57. The van der Waals surface area contributed by atoms with Gasteiger partial charge in [0.2, 0.25) is 0 Å². The summed E-state index contributed by atoms with van der Waals surface area (Å²) in [7, 11) is 3.40. The maximum Gasteiger partial charge on any atom is 0.119 e. The van der Waals surface area contributed by atoms with Crippen LogP contribution < -0.4 is 9.47 Å². The largest absolute Gasteiger partial charge is 0.497 e. The summed E-state index contributed by atoms with van der Waals surface area (Å²) in [5.74, 6) is 1.70. The fraction of sp³-hybridized carbons (Fsp3) is 0.125. The fourth-order valence-corrected chi connectivity index (χ4v) is 6.71. The molecule has 0 N–H and O–H groups in total. The molecule has 4 heterocycles. The quantitative estimate of drug-likeness (QED) is 0.204. The predicted molar refractivity (Wildman–Crippen MR) is 160 cm³/mol. The van der Waals surface area contributed by atoms with E-state index in [1.807, 2.05) is 24.3 Å². The highest BCUT2D eigenvalue weighted by molar-refractivity contribution is 7.13. The second kappa shape index (κ2) is 10.0. The second-order valence-electron chi connectivity index (χ2n) is 9.12. The Hall–Kier alpha value is -4.00. The van der Waals surface area contributed by atoms with E-state index in [2.05, 4.69) is 94.7 Å². The van der Waals surface area contributed by atoms with Crippen molar-refractivity contribution in [2.45, 2.75) is 13.8 Å². The minimum atomic E-state index is 0.850. The third-order valence-corrected chi connectivity index (χ3v) is 8.77. The monoisotopic (exact) mass is 536 g/mol. The molecule has 190 valence electrons. The first kappa shape index (κ1) is 24.3. The highest BCUT2D eigenvalue weighted by atomic mass is 32.1. The summed E-state index contributed by atoms with van der Waals surface area (Å²) >= 11 is 3.53. The van der Waals surface area contributed by atoms with Crippen LogP contribution in [0.2, 0.25) is 0 Å². The molecule has 4 nitrogen and oxygen atoms in total. The molecular weight excluding hydrogens is 508 g/mol. The SMILES string of the molecule is COc1ccc(-n2cc(-c3cn(-c4ccc(OC)cc4)c(-c4cccs4)c3C)c(C)c2-c2cccs2)cc1. The van der Waals surface area contributed by atoms with Gasteiger partial charge >= 0.3 is 0 Å². The van der Waals surface area contributed by atoms with Crippen molar-refractivity contribution in [3.63, 3.8) is 0 Å². The van der Waals surface area contributed by atoms with Crippen LogP contribution >= 0.6 is 22.7 Å². The maximum absolute atomic E-state index is 5.41. The molecule has 6 heteroatoms.